The van der Waals surface area contributed by atoms with E-state index < -0.39 is 0 Å². The lowest BCUT2D eigenvalue weighted by Gasteiger charge is -2.22. The largest absolute Gasteiger partial charge is 0.231 e. The lowest BCUT2D eigenvalue weighted by atomic mass is 9.82. The van der Waals surface area contributed by atoms with E-state index in [9.17, 15) is 0 Å². The second-order valence-corrected chi connectivity index (χ2v) is 15.7. The molecule has 0 bridgehead atoms. The predicted octanol–water partition coefficient (Wildman–Crippen LogP) is 13.6. The van der Waals surface area contributed by atoms with E-state index >= 15 is 0 Å². The summed E-state index contributed by atoms with van der Waals surface area (Å²) >= 11 is 0. The zero-order chi connectivity index (χ0) is 38.8. The number of hydrogen-bond donors (Lipinski definition) is 0. The summed E-state index contributed by atoms with van der Waals surface area (Å²) in [6.07, 6.45) is 0. The van der Waals surface area contributed by atoms with Gasteiger partial charge in [0.1, 0.15) is 5.69 Å². The second kappa shape index (κ2) is 13.4. The van der Waals surface area contributed by atoms with Gasteiger partial charge in [-0.1, -0.05) is 184 Å². The first-order valence-electron chi connectivity index (χ1n) is 19.9. The van der Waals surface area contributed by atoms with E-state index in [0.29, 0.717) is 5.82 Å². The molecular formula is C54H38N4. The van der Waals surface area contributed by atoms with E-state index in [4.69, 9.17) is 15.1 Å². The highest BCUT2D eigenvalue weighted by Gasteiger charge is 2.35. The van der Waals surface area contributed by atoms with Crippen molar-refractivity contribution in [2.45, 2.75) is 19.3 Å². The van der Waals surface area contributed by atoms with Crippen molar-refractivity contribution in [3.8, 4) is 78.7 Å². The number of nitrogens with zero attached hydrogens (tertiary/aromatic N) is 4. The van der Waals surface area contributed by atoms with Crippen LogP contribution in [-0.2, 0) is 5.41 Å². The molecule has 1 aliphatic rings. The van der Waals surface area contributed by atoms with Crippen molar-refractivity contribution in [1.29, 1.82) is 0 Å². The average Bonchev–Trinajstić information content (AvgIpc) is 3.80. The van der Waals surface area contributed by atoms with Crippen LogP contribution in [0.5, 0.6) is 0 Å². The Morgan fingerprint density at radius 2 is 1.02 bits per heavy atom. The van der Waals surface area contributed by atoms with Gasteiger partial charge >= 0.3 is 0 Å². The van der Waals surface area contributed by atoms with E-state index in [2.05, 4.69) is 194 Å². The normalized spacial score (nSPS) is 12.8. The first-order valence-corrected chi connectivity index (χ1v) is 19.9. The van der Waals surface area contributed by atoms with Gasteiger partial charge in [0, 0.05) is 44.2 Å². The monoisotopic (exact) mass is 742 g/mol. The molecule has 58 heavy (non-hydrogen) atoms. The van der Waals surface area contributed by atoms with Gasteiger partial charge in [0.25, 0.3) is 0 Å². The Morgan fingerprint density at radius 1 is 0.431 bits per heavy atom. The molecule has 0 fully saturated rings. The highest BCUT2D eigenvalue weighted by molar-refractivity contribution is 6.08. The summed E-state index contributed by atoms with van der Waals surface area (Å²) in [5.74, 6) is 0.695. The minimum absolute atomic E-state index is 0.121. The number of fused-ring (bicyclic) bond motifs is 6. The van der Waals surface area contributed by atoms with Gasteiger partial charge in [0.15, 0.2) is 5.82 Å². The number of aromatic nitrogens is 4. The van der Waals surface area contributed by atoms with Crippen molar-refractivity contribution in [2.75, 3.05) is 0 Å². The molecule has 4 nitrogen and oxygen atoms in total. The minimum Gasteiger partial charge on any atom is -0.231 e. The molecule has 0 N–H and O–H groups in total. The highest BCUT2D eigenvalue weighted by Crippen LogP contribution is 2.50. The van der Waals surface area contributed by atoms with E-state index in [1.807, 2.05) is 18.2 Å². The summed E-state index contributed by atoms with van der Waals surface area (Å²) < 4.78 is 2.14. The molecule has 0 aliphatic heterocycles. The van der Waals surface area contributed by atoms with Gasteiger partial charge in [-0.3, -0.25) is 0 Å². The fourth-order valence-electron chi connectivity index (χ4n) is 8.93. The van der Waals surface area contributed by atoms with Crippen LogP contribution in [0.3, 0.4) is 0 Å². The quantitative estimate of drug-likeness (QED) is 0.170. The lowest BCUT2D eigenvalue weighted by Crippen LogP contribution is -2.14. The maximum atomic E-state index is 5.44. The summed E-state index contributed by atoms with van der Waals surface area (Å²) in [4.78, 5) is 10.5. The molecule has 11 rings (SSSR count). The van der Waals surface area contributed by atoms with Gasteiger partial charge in [-0.25, -0.2) is 14.5 Å². The molecule has 0 radical (unpaired) electrons. The molecule has 0 saturated heterocycles. The Morgan fingerprint density at radius 3 is 1.78 bits per heavy atom. The Kier molecular flexibility index (Phi) is 7.80. The average molecular weight is 743 g/mol. The summed E-state index contributed by atoms with van der Waals surface area (Å²) in [6.45, 7) is 4.65. The first-order chi connectivity index (χ1) is 28.5. The standard InChI is InChI=1S/C54H38N4/c1-54(2)45-28-15-14-27-43(45)44-30-29-40(32-46(44)54)48-34-47(55-53(56-48)37-21-10-5-11-22-37)39-24-16-25-41(31-39)50-51(36-19-8-4-9-20-36)57-58-49(35-17-6-3-7-18-35)33-38-23-12-13-26-42(38)52(50)58/h3-34H,1-2H3. The minimum atomic E-state index is -0.121. The van der Waals surface area contributed by atoms with Crippen molar-refractivity contribution in [2.24, 2.45) is 0 Å². The van der Waals surface area contributed by atoms with Crippen molar-refractivity contribution < 1.29 is 0 Å². The Balaban J connectivity index is 1.13. The molecule has 274 valence electrons. The number of benzene rings is 7. The number of hydrogen-bond acceptors (Lipinski definition) is 3. The van der Waals surface area contributed by atoms with Crippen molar-refractivity contribution >= 4 is 16.3 Å². The molecule has 0 saturated carbocycles. The maximum absolute atomic E-state index is 5.44. The topological polar surface area (TPSA) is 43.1 Å². The Labute approximate surface area is 337 Å². The van der Waals surface area contributed by atoms with Gasteiger partial charge in [-0.15, -0.1) is 0 Å². The van der Waals surface area contributed by atoms with Crippen LogP contribution in [0.1, 0.15) is 25.0 Å². The van der Waals surface area contributed by atoms with E-state index in [1.54, 1.807) is 0 Å². The molecule has 3 aromatic heterocycles. The molecule has 4 heteroatoms. The fourth-order valence-corrected chi connectivity index (χ4v) is 8.93. The summed E-state index contributed by atoms with van der Waals surface area (Å²) in [7, 11) is 0. The van der Waals surface area contributed by atoms with Gasteiger partial charge in [-0.2, -0.15) is 5.10 Å². The van der Waals surface area contributed by atoms with E-state index in [0.717, 1.165) is 72.6 Å². The third kappa shape index (κ3) is 5.48. The van der Waals surface area contributed by atoms with Gasteiger partial charge < -0.3 is 0 Å². The van der Waals surface area contributed by atoms with Crippen molar-refractivity contribution in [3.63, 3.8) is 0 Å². The molecule has 7 aromatic carbocycles. The summed E-state index contributed by atoms with van der Waals surface area (Å²) in [6, 6.07) is 68.8. The van der Waals surface area contributed by atoms with Crippen LogP contribution in [0.2, 0.25) is 0 Å². The van der Waals surface area contributed by atoms with Crippen LogP contribution in [0.25, 0.3) is 95.0 Å². The zero-order valence-electron chi connectivity index (χ0n) is 32.3. The van der Waals surface area contributed by atoms with E-state index in [-0.39, 0.29) is 5.41 Å². The molecule has 0 amide bonds. The van der Waals surface area contributed by atoms with Crippen LogP contribution in [0.4, 0.5) is 0 Å². The lowest BCUT2D eigenvalue weighted by molar-refractivity contribution is 0.660. The van der Waals surface area contributed by atoms with Crippen LogP contribution in [-0.4, -0.2) is 19.6 Å². The molecule has 10 aromatic rings. The third-order valence-corrected chi connectivity index (χ3v) is 11.8. The molecular weight excluding hydrogens is 705 g/mol. The van der Waals surface area contributed by atoms with Gasteiger partial charge in [0.05, 0.1) is 22.6 Å². The summed E-state index contributed by atoms with van der Waals surface area (Å²) in [5, 5.41) is 7.76. The number of rotatable bonds is 6. The summed E-state index contributed by atoms with van der Waals surface area (Å²) in [5.41, 5.74) is 17.3. The molecule has 0 spiro atoms. The molecule has 0 atom stereocenters. The van der Waals surface area contributed by atoms with Crippen LogP contribution >= 0.6 is 0 Å². The van der Waals surface area contributed by atoms with Crippen LogP contribution in [0, 0.1) is 0 Å². The maximum Gasteiger partial charge on any atom is 0.160 e. The van der Waals surface area contributed by atoms with Crippen molar-refractivity contribution in [3.05, 3.63) is 205 Å². The Bertz CT molecular complexity index is 3180. The van der Waals surface area contributed by atoms with Gasteiger partial charge in [0.2, 0.25) is 0 Å². The molecule has 1 aliphatic carbocycles. The molecule has 3 heterocycles. The van der Waals surface area contributed by atoms with Gasteiger partial charge in [-0.05, 0) is 57.5 Å². The Hall–Kier alpha value is -7.43. The van der Waals surface area contributed by atoms with Crippen LogP contribution < -0.4 is 0 Å². The van der Waals surface area contributed by atoms with Crippen LogP contribution in [0.15, 0.2) is 194 Å². The smallest absolute Gasteiger partial charge is 0.160 e. The molecule has 0 unspecified atom stereocenters. The number of pyridine rings is 1. The van der Waals surface area contributed by atoms with E-state index in [1.165, 1.54) is 27.6 Å². The SMILES string of the molecule is CC1(C)c2ccccc2-c2ccc(-c3cc(-c4cccc(-c5c(-c6ccccc6)nn6c(-c7ccccc7)cc7ccccc7c56)c4)nc(-c4ccccc4)n3)cc21. The third-order valence-electron chi connectivity index (χ3n) is 11.8. The fraction of sp³-hybridized carbons (Fsp3) is 0.0556. The zero-order valence-corrected chi connectivity index (χ0v) is 32.3. The predicted molar refractivity (Wildman–Crippen MR) is 238 cm³/mol. The second-order valence-electron chi connectivity index (χ2n) is 15.7. The van der Waals surface area contributed by atoms with Crippen molar-refractivity contribution in [1.82, 2.24) is 19.6 Å². The highest BCUT2D eigenvalue weighted by atomic mass is 15.2. The first kappa shape index (κ1) is 33.9.